The van der Waals surface area contributed by atoms with Crippen LogP contribution in [0.4, 0.5) is 0 Å². The molecule has 0 N–H and O–H groups in total. The van der Waals surface area contributed by atoms with Crippen LogP contribution in [0.1, 0.15) is 17.8 Å². The van der Waals surface area contributed by atoms with Crippen molar-refractivity contribution in [2.75, 3.05) is 0 Å². The zero-order chi connectivity index (χ0) is 42.6. The van der Waals surface area contributed by atoms with Gasteiger partial charge in [-0.2, -0.15) is 0 Å². The van der Waals surface area contributed by atoms with Crippen LogP contribution in [0.3, 0.4) is 0 Å². The maximum atomic E-state index is 9.13. The number of fused-ring (bicyclic) bond motifs is 10. The van der Waals surface area contributed by atoms with Crippen LogP contribution in [0.15, 0.2) is 136 Å². The first kappa shape index (κ1) is 16.6. The van der Waals surface area contributed by atoms with E-state index >= 15 is 0 Å². The Hall–Kier alpha value is -5.85. The largest absolute Gasteiger partial charge is 0.456 e. The van der Waals surface area contributed by atoms with Crippen LogP contribution in [0.25, 0.3) is 89.2 Å². The lowest BCUT2D eigenvalue weighted by molar-refractivity contribution is 0.669. The average molecular weight is 635 g/mol. The fourth-order valence-corrected chi connectivity index (χ4v) is 9.56. The number of hydrogen-bond donors (Lipinski definition) is 0. The van der Waals surface area contributed by atoms with Crippen molar-refractivity contribution in [3.63, 3.8) is 0 Å². The summed E-state index contributed by atoms with van der Waals surface area (Å²) in [6, 6.07) is 8.02. The van der Waals surface area contributed by atoms with Crippen LogP contribution < -0.4 is 10.4 Å². The van der Waals surface area contributed by atoms with Gasteiger partial charge in [-0.25, -0.2) is 15.0 Å². The molecule has 10 rings (SSSR count). The highest BCUT2D eigenvalue weighted by Crippen LogP contribution is 2.44. The molecule has 0 bridgehead atoms. The molecule has 0 radical (unpaired) electrons. The molecule has 0 saturated carbocycles. The summed E-state index contributed by atoms with van der Waals surface area (Å²) in [5.41, 5.74) is 1.79. The fourth-order valence-electron chi connectivity index (χ4n) is 6.74. The van der Waals surface area contributed by atoms with Gasteiger partial charge in [-0.3, -0.25) is 0 Å². The van der Waals surface area contributed by atoms with Crippen LogP contribution >= 0.6 is 0 Å². The second-order valence-corrected chi connectivity index (χ2v) is 16.1. The molecule has 4 heterocycles. The van der Waals surface area contributed by atoms with Gasteiger partial charge in [0.05, 0.1) is 17.8 Å². The lowest BCUT2D eigenvalue weighted by atomic mass is 9.98. The van der Waals surface area contributed by atoms with Crippen molar-refractivity contribution >= 4 is 62.3 Å². The molecule has 0 spiro atoms. The third-order valence-electron chi connectivity index (χ3n) is 8.87. The molecule has 0 unspecified atom stereocenters. The second-order valence-electron chi connectivity index (χ2n) is 11.8. The minimum atomic E-state index is -3.10. The molecule has 0 fully saturated rings. The smallest absolute Gasteiger partial charge is 0.164 e. The minimum Gasteiger partial charge on any atom is -0.456 e. The van der Waals surface area contributed by atoms with Crippen molar-refractivity contribution in [2.24, 2.45) is 0 Å². The highest BCUT2D eigenvalue weighted by molar-refractivity contribution is 7.04. The minimum absolute atomic E-state index is 0.0293. The predicted molar refractivity (Wildman–Crippen MR) is 193 cm³/mol. The molecule has 0 atom stereocenters. The Labute approximate surface area is 289 Å². The van der Waals surface area contributed by atoms with Crippen molar-refractivity contribution in [1.82, 2.24) is 15.0 Å². The summed E-state index contributed by atoms with van der Waals surface area (Å²) in [7, 11) is -3.10. The Balaban J connectivity index is 1.41. The third kappa shape index (κ3) is 3.73. The molecule has 0 amide bonds. The molecule has 3 aromatic heterocycles. The number of rotatable bonds is 3. The number of hydrogen-bond acceptors (Lipinski definition) is 5. The summed E-state index contributed by atoms with van der Waals surface area (Å²) in [4.78, 5) is 14.6. The van der Waals surface area contributed by atoms with E-state index in [1.54, 1.807) is 24.3 Å². The molecule has 0 aliphatic carbocycles. The van der Waals surface area contributed by atoms with Crippen LogP contribution in [0.5, 0.6) is 0 Å². The molecule has 1 aliphatic heterocycles. The number of furan rings is 2. The fraction of sp³-hybridized carbons (Fsp3) is 0.0488. The first-order chi connectivity index (χ1) is 28.4. The van der Waals surface area contributed by atoms with Crippen molar-refractivity contribution in [3.05, 3.63) is 127 Å². The van der Waals surface area contributed by atoms with Crippen molar-refractivity contribution < 1.29 is 26.7 Å². The molecule has 222 valence electrons. The van der Waals surface area contributed by atoms with Crippen LogP contribution in [0.2, 0.25) is 13.1 Å². The molecule has 6 heteroatoms. The predicted octanol–water partition coefficient (Wildman–Crippen LogP) is 9.47. The van der Waals surface area contributed by atoms with Gasteiger partial charge in [0.15, 0.2) is 17.5 Å². The van der Waals surface area contributed by atoms with Gasteiger partial charge in [0.1, 0.15) is 30.4 Å². The summed E-state index contributed by atoms with van der Waals surface area (Å²) in [6.45, 7) is 3.85. The number of aromatic nitrogens is 3. The van der Waals surface area contributed by atoms with Crippen molar-refractivity contribution in [1.29, 1.82) is 0 Å². The molecule has 1 aliphatic rings. The second kappa shape index (κ2) is 9.58. The van der Waals surface area contributed by atoms with E-state index in [2.05, 4.69) is 0 Å². The Kier molecular flexibility index (Phi) is 3.39. The van der Waals surface area contributed by atoms with Gasteiger partial charge in [0.25, 0.3) is 0 Å². The molecular formula is C41H27N3O2Si. The van der Waals surface area contributed by atoms with Crippen LogP contribution in [0, 0.1) is 0 Å². The molecular weight excluding hydrogens is 595 g/mol. The van der Waals surface area contributed by atoms with E-state index in [0.29, 0.717) is 38.1 Å². The third-order valence-corrected chi connectivity index (χ3v) is 12.2. The zero-order valence-corrected chi connectivity index (χ0v) is 25.8. The Bertz CT molecular complexity index is 3450. The van der Waals surface area contributed by atoms with Gasteiger partial charge < -0.3 is 8.83 Å². The quantitative estimate of drug-likeness (QED) is 0.181. The lowest BCUT2D eigenvalue weighted by Crippen LogP contribution is -2.49. The van der Waals surface area contributed by atoms with Crippen LogP contribution in [-0.2, 0) is 0 Å². The molecule has 47 heavy (non-hydrogen) atoms. The highest BCUT2D eigenvalue weighted by atomic mass is 28.3. The van der Waals surface area contributed by atoms with E-state index < -0.39 is 74.5 Å². The number of nitrogens with zero attached hydrogens (tertiary/aromatic N) is 3. The van der Waals surface area contributed by atoms with E-state index in [1.807, 2.05) is 37.4 Å². The van der Waals surface area contributed by atoms with E-state index in [-0.39, 0.29) is 68.2 Å². The highest BCUT2D eigenvalue weighted by Gasteiger charge is 2.40. The van der Waals surface area contributed by atoms with Gasteiger partial charge in [-0.15, -0.1) is 0 Å². The van der Waals surface area contributed by atoms with Gasteiger partial charge in [0.2, 0.25) is 0 Å². The summed E-state index contributed by atoms with van der Waals surface area (Å²) in [6.07, 6.45) is 0. The Morgan fingerprint density at radius 2 is 1.28 bits per heavy atom. The first-order valence-electron chi connectivity index (χ1n) is 21.3. The Morgan fingerprint density at radius 3 is 2.17 bits per heavy atom. The topological polar surface area (TPSA) is 65.0 Å². The summed E-state index contributed by atoms with van der Waals surface area (Å²) < 4.78 is 126. The molecule has 9 aromatic rings. The SMILES string of the molecule is [2H]c1c([2H])c([2H])c(-c2nc(-c3cccc4oc5ccccc5c34)nc(-c3cc4c(c5oc6c([2H])c([2H])c([2H])c([2H])c6c35)-c3c([2H])c([2H])c([2H])c([2H])c3[Si]4(C)C)n2)c([2H])c1[2H]. The Morgan fingerprint density at radius 1 is 0.553 bits per heavy atom. The number of para-hydroxylation sites is 2. The van der Waals surface area contributed by atoms with E-state index in [0.717, 1.165) is 5.39 Å². The monoisotopic (exact) mass is 634 g/mol. The maximum Gasteiger partial charge on any atom is 0.164 e. The summed E-state index contributed by atoms with van der Waals surface area (Å²) in [5.74, 6) is -0.351. The van der Waals surface area contributed by atoms with E-state index in [4.69, 9.17) is 41.6 Å². The standard InChI is InChI=1S/C41H27N3O2Si/c1-47(2)33-22-11-8-17-27(33)37-34(47)23-29(36-26-16-7-10-20-31(26)46-38(36)37)41-43-39(24-13-4-3-5-14-24)42-40(44-41)28-18-12-21-32-35(28)25-15-6-9-19-30(25)45-32/h3-23H,1-2H3/i3D,4D,5D,7D,8D,10D,11D,13D,14D,16D,17D,20D,22D. The van der Waals surface area contributed by atoms with Crippen LogP contribution in [-0.4, -0.2) is 23.0 Å². The van der Waals surface area contributed by atoms with Crippen molar-refractivity contribution in [3.8, 4) is 45.3 Å². The van der Waals surface area contributed by atoms with Gasteiger partial charge in [0, 0.05) is 43.8 Å². The molecule has 6 aromatic carbocycles. The number of benzene rings is 6. The van der Waals surface area contributed by atoms with Gasteiger partial charge in [-0.1, -0.05) is 116 Å². The summed E-state index contributed by atoms with van der Waals surface area (Å²) >= 11 is 0. The normalized spacial score (nSPS) is 17.4. The van der Waals surface area contributed by atoms with Crippen molar-refractivity contribution in [2.45, 2.75) is 13.1 Å². The molecule has 5 nitrogen and oxygen atoms in total. The summed E-state index contributed by atoms with van der Waals surface area (Å²) in [5, 5.41) is 2.46. The van der Waals surface area contributed by atoms with E-state index in [1.165, 1.54) is 0 Å². The average Bonchev–Trinajstić information content (AvgIpc) is 3.90. The van der Waals surface area contributed by atoms with Gasteiger partial charge >= 0.3 is 0 Å². The zero-order valence-electron chi connectivity index (χ0n) is 37.8. The maximum absolute atomic E-state index is 9.13. The van der Waals surface area contributed by atoms with Gasteiger partial charge in [-0.05, 0) is 40.2 Å². The lowest BCUT2D eigenvalue weighted by Gasteiger charge is -2.19. The first-order valence-corrected chi connectivity index (χ1v) is 17.8. The molecule has 0 saturated heterocycles. The van der Waals surface area contributed by atoms with E-state index in [9.17, 15) is 0 Å².